The van der Waals surface area contributed by atoms with E-state index in [9.17, 15) is 24.9 Å². The van der Waals surface area contributed by atoms with Crippen LogP contribution in [-0.4, -0.2) is 80.1 Å². The standard InChI is InChI=1S/C12H23NO8/c14-6-7(15)9(18)10(19)11(20)12(21)13-5-3-1-2-4-8(16)17/h7,9-11,14-15,18-20H,1-6H2,(H,13,21)(H,16,17)/t7-,9-,10+,11+/m1/s1. The van der Waals surface area contributed by atoms with Gasteiger partial charge in [0.25, 0.3) is 5.91 Å². The van der Waals surface area contributed by atoms with E-state index in [2.05, 4.69) is 5.32 Å². The van der Waals surface area contributed by atoms with Crippen molar-refractivity contribution in [3.8, 4) is 0 Å². The van der Waals surface area contributed by atoms with Crippen molar-refractivity contribution in [3.05, 3.63) is 0 Å². The molecule has 0 aromatic carbocycles. The Kier molecular flexibility index (Phi) is 9.84. The first kappa shape index (κ1) is 19.7. The molecule has 0 aliphatic carbocycles. The molecule has 0 spiro atoms. The molecule has 4 atom stereocenters. The van der Waals surface area contributed by atoms with Crippen molar-refractivity contribution in [2.75, 3.05) is 13.2 Å². The highest BCUT2D eigenvalue weighted by molar-refractivity contribution is 5.81. The number of aliphatic carboxylic acids is 1. The fraction of sp³-hybridized carbons (Fsp3) is 0.833. The molecule has 0 radical (unpaired) electrons. The third kappa shape index (κ3) is 7.93. The van der Waals surface area contributed by atoms with Gasteiger partial charge in [-0.15, -0.1) is 0 Å². The van der Waals surface area contributed by atoms with Crippen molar-refractivity contribution < 1.29 is 40.2 Å². The molecule has 0 saturated heterocycles. The topological polar surface area (TPSA) is 168 Å². The fourth-order valence-corrected chi connectivity index (χ4v) is 1.57. The summed E-state index contributed by atoms with van der Waals surface area (Å²) in [5.74, 6) is -1.82. The molecule has 21 heavy (non-hydrogen) atoms. The smallest absolute Gasteiger partial charge is 0.303 e. The summed E-state index contributed by atoms with van der Waals surface area (Å²) >= 11 is 0. The molecule has 0 heterocycles. The summed E-state index contributed by atoms with van der Waals surface area (Å²) in [6.45, 7) is -0.642. The molecule has 0 bridgehead atoms. The van der Waals surface area contributed by atoms with Crippen molar-refractivity contribution in [1.29, 1.82) is 0 Å². The van der Waals surface area contributed by atoms with E-state index in [4.69, 9.17) is 15.3 Å². The van der Waals surface area contributed by atoms with E-state index in [0.29, 0.717) is 19.3 Å². The lowest BCUT2D eigenvalue weighted by atomic mass is 10.0. The van der Waals surface area contributed by atoms with Crippen LogP contribution in [0.3, 0.4) is 0 Å². The predicted molar refractivity (Wildman–Crippen MR) is 70.2 cm³/mol. The number of hydrogen-bond donors (Lipinski definition) is 7. The van der Waals surface area contributed by atoms with Crippen molar-refractivity contribution in [1.82, 2.24) is 5.32 Å². The third-order valence-corrected chi connectivity index (χ3v) is 2.89. The first-order chi connectivity index (χ1) is 9.81. The summed E-state index contributed by atoms with van der Waals surface area (Å²) in [5, 5.41) is 56.7. The molecule has 9 heteroatoms. The number of nitrogens with one attached hydrogen (secondary N) is 1. The Morgan fingerprint density at radius 2 is 1.57 bits per heavy atom. The predicted octanol–water partition coefficient (Wildman–Crippen LogP) is -2.82. The van der Waals surface area contributed by atoms with Crippen LogP contribution in [0, 0.1) is 0 Å². The number of amides is 1. The summed E-state index contributed by atoms with van der Waals surface area (Å²) < 4.78 is 0. The van der Waals surface area contributed by atoms with Crippen LogP contribution in [0.4, 0.5) is 0 Å². The van der Waals surface area contributed by atoms with Crippen molar-refractivity contribution >= 4 is 11.9 Å². The summed E-state index contributed by atoms with van der Waals surface area (Å²) in [7, 11) is 0. The average molecular weight is 309 g/mol. The monoisotopic (exact) mass is 309 g/mol. The number of carbonyl (C=O) groups excluding carboxylic acids is 1. The maximum Gasteiger partial charge on any atom is 0.303 e. The largest absolute Gasteiger partial charge is 0.481 e. The van der Waals surface area contributed by atoms with Gasteiger partial charge in [0.1, 0.15) is 18.3 Å². The maximum atomic E-state index is 11.5. The maximum absolute atomic E-state index is 11.5. The van der Waals surface area contributed by atoms with Crippen LogP contribution < -0.4 is 5.32 Å². The van der Waals surface area contributed by atoms with Crippen LogP contribution in [0.1, 0.15) is 25.7 Å². The van der Waals surface area contributed by atoms with Gasteiger partial charge in [-0.05, 0) is 12.8 Å². The summed E-state index contributed by atoms with van der Waals surface area (Å²) in [5.41, 5.74) is 0. The second kappa shape index (κ2) is 10.5. The minimum absolute atomic E-state index is 0.0422. The highest BCUT2D eigenvalue weighted by Gasteiger charge is 2.33. The molecule has 0 saturated carbocycles. The third-order valence-electron chi connectivity index (χ3n) is 2.89. The van der Waals surface area contributed by atoms with Gasteiger partial charge in [0.2, 0.25) is 0 Å². The number of carboxylic acids is 1. The zero-order valence-corrected chi connectivity index (χ0v) is 11.6. The Morgan fingerprint density at radius 1 is 0.952 bits per heavy atom. The molecule has 0 aliphatic heterocycles. The van der Waals surface area contributed by atoms with Crippen molar-refractivity contribution in [2.45, 2.75) is 50.1 Å². The van der Waals surface area contributed by atoms with E-state index < -0.39 is 42.9 Å². The van der Waals surface area contributed by atoms with Gasteiger partial charge in [0, 0.05) is 13.0 Å². The lowest BCUT2D eigenvalue weighted by Crippen LogP contribution is -2.51. The van der Waals surface area contributed by atoms with E-state index in [0.717, 1.165) is 0 Å². The molecular formula is C12H23NO8. The van der Waals surface area contributed by atoms with Crippen LogP contribution >= 0.6 is 0 Å². The van der Waals surface area contributed by atoms with Gasteiger partial charge >= 0.3 is 5.97 Å². The lowest BCUT2D eigenvalue weighted by Gasteiger charge is -2.24. The lowest BCUT2D eigenvalue weighted by molar-refractivity contribution is -0.149. The molecule has 0 aromatic heterocycles. The minimum Gasteiger partial charge on any atom is -0.481 e. The van der Waals surface area contributed by atoms with E-state index in [-0.39, 0.29) is 13.0 Å². The second-order valence-corrected chi connectivity index (χ2v) is 4.67. The number of hydrogen-bond acceptors (Lipinski definition) is 7. The first-order valence-electron chi connectivity index (χ1n) is 6.63. The van der Waals surface area contributed by atoms with Gasteiger partial charge in [-0.1, -0.05) is 6.42 Å². The average Bonchev–Trinajstić information content (AvgIpc) is 2.46. The SMILES string of the molecule is O=C(O)CCCCCNC(=O)[C@@H](O)[C@@H](O)[C@H](O)[C@H](O)CO. The van der Waals surface area contributed by atoms with E-state index >= 15 is 0 Å². The Labute approximate surface area is 121 Å². The van der Waals surface area contributed by atoms with E-state index in [1.54, 1.807) is 0 Å². The molecule has 1 amide bonds. The molecular weight excluding hydrogens is 286 g/mol. The van der Waals surface area contributed by atoms with Crippen LogP contribution in [0.2, 0.25) is 0 Å². The molecule has 0 aromatic rings. The van der Waals surface area contributed by atoms with Gasteiger partial charge in [-0.3, -0.25) is 9.59 Å². The number of carboxylic acid groups (broad SMARTS) is 1. The highest BCUT2D eigenvalue weighted by atomic mass is 16.4. The van der Waals surface area contributed by atoms with Crippen LogP contribution in [-0.2, 0) is 9.59 Å². The molecule has 7 N–H and O–H groups in total. The summed E-state index contributed by atoms with van der Waals surface area (Å²) in [6, 6.07) is 0. The molecule has 0 aliphatic rings. The van der Waals surface area contributed by atoms with Crippen molar-refractivity contribution in [2.24, 2.45) is 0 Å². The minimum atomic E-state index is -1.94. The zero-order chi connectivity index (χ0) is 16.4. The van der Waals surface area contributed by atoms with Gasteiger partial charge in [0.15, 0.2) is 6.10 Å². The highest BCUT2D eigenvalue weighted by Crippen LogP contribution is 2.05. The van der Waals surface area contributed by atoms with Crippen LogP contribution in [0.15, 0.2) is 0 Å². The summed E-state index contributed by atoms with van der Waals surface area (Å²) in [4.78, 5) is 21.7. The molecule has 9 nitrogen and oxygen atoms in total. The van der Waals surface area contributed by atoms with E-state index in [1.807, 2.05) is 0 Å². The van der Waals surface area contributed by atoms with Gasteiger partial charge in [-0.25, -0.2) is 0 Å². The Bertz CT molecular complexity index is 324. The van der Waals surface area contributed by atoms with Gasteiger partial charge < -0.3 is 36.0 Å². The number of aliphatic hydroxyl groups excluding tert-OH is 5. The molecule has 0 unspecified atom stereocenters. The quantitative estimate of drug-likeness (QED) is 0.201. The number of rotatable bonds is 11. The van der Waals surface area contributed by atoms with Gasteiger partial charge in [-0.2, -0.15) is 0 Å². The Balaban J connectivity index is 3.96. The van der Waals surface area contributed by atoms with Crippen molar-refractivity contribution in [3.63, 3.8) is 0 Å². The second-order valence-electron chi connectivity index (χ2n) is 4.67. The van der Waals surface area contributed by atoms with Gasteiger partial charge in [0.05, 0.1) is 6.61 Å². The number of aliphatic hydroxyl groups is 5. The fourth-order valence-electron chi connectivity index (χ4n) is 1.57. The van der Waals surface area contributed by atoms with Crippen LogP contribution in [0.5, 0.6) is 0 Å². The number of unbranched alkanes of at least 4 members (excludes halogenated alkanes) is 2. The number of carbonyl (C=O) groups is 2. The van der Waals surface area contributed by atoms with Crippen LogP contribution in [0.25, 0.3) is 0 Å². The molecule has 0 fully saturated rings. The Morgan fingerprint density at radius 3 is 2.10 bits per heavy atom. The Hall–Kier alpha value is -1.26. The summed E-state index contributed by atoms with van der Waals surface area (Å²) in [6.07, 6.45) is -5.80. The van der Waals surface area contributed by atoms with E-state index in [1.165, 1.54) is 0 Å². The molecule has 124 valence electrons. The first-order valence-corrected chi connectivity index (χ1v) is 6.63. The normalized spacial score (nSPS) is 16.8. The zero-order valence-electron chi connectivity index (χ0n) is 11.6. The molecule has 0 rings (SSSR count).